The van der Waals surface area contributed by atoms with Crippen LogP contribution in [0.25, 0.3) is 0 Å². The van der Waals surface area contributed by atoms with Crippen molar-refractivity contribution in [2.75, 3.05) is 105 Å². The highest BCUT2D eigenvalue weighted by molar-refractivity contribution is 4.58. The molecule has 1 rings (SSSR count). The van der Waals surface area contributed by atoms with Crippen LogP contribution in [-0.4, -0.2) is 115 Å². The lowest BCUT2D eigenvalue weighted by Crippen LogP contribution is -2.33. The molecular weight excluding hydrogens is 340 g/mol. The van der Waals surface area contributed by atoms with Crippen molar-refractivity contribution in [1.29, 1.82) is 0 Å². The maximum Gasteiger partial charge on any atom is 0.0701 e. The zero-order chi connectivity index (χ0) is 18.5. The molecule has 0 unspecified atom stereocenters. The number of hydrogen-bond acceptors (Lipinski definition) is 8. The van der Waals surface area contributed by atoms with Gasteiger partial charge in [0, 0.05) is 52.5 Å². The van der Waals surface area contributed by atoms with Crippen molar-refractivity contribution in [2.24, 2.45) is 0 Å². The maximum absolute atomic E-state index is 8.74. The Bertz CT molecular complexity index is 268. The standard InChI is InChI=1S/C18H38N2O6/c21-8-2-10-22-9-1-5-20-6-13-25-17-15-23-11-3-19-4-12-24-16-18-26-14-7-20/h19,21H,1-18H2. The van der Waals surface area contributed by atoms with E-state index in [0.717, 1.165) is 39.1 Å². The molecule has 156 valence electrons. The summed E-state index contributed by atoms with van der Waals surface area (Å²) in [4.78, 5) is 2.34. The Morgan fingerprint density at radius 2 is 1.27 bits per heavy atom. The third kappa shape index (κ3) is 15.9. The first kappa shape index (κ1) is 23.7. The van der Waals surface area contributed by atoms with E-state index in [1.807, 2.05) is 0 Å². The third-order valence-electron chi connectivity index (χ3n) is 3.90. The fourth-order valence-electron chi connectivity index (χ4n) is 2.44. The lowest BCUT2D eigenvalue weighted by molar-refractivity contribution is 0.0188. The van der Waals surface area contributed by atoms with Gasteiger partial charge in [-0.05, 0) is 12.8 Å². The fourth-order valence-corrected chi connectivity index (χ4v) is 2.44. The molecule has 0 aromatic rings. The van der Waals surface area contributed by atoms with Gasteiger partial charge in [0.05, 0.1) is 52.9 Å². The summed E-state index contributed by atoms with van der Waals surface area (Å²) < 4.78 is 27.9. The van der Waals surface area contributed by atoms with Crippen LogP contribution in [0.5, 0.6) is 0 Å². The molecule has 0 aliphatic carbocycles. The molecule has 0 aromatic carbocycles. The molecule has 0 amide bonds. The van der Waals surface area contributed by atoms with Crippen LogP contribution in [-0.2, 0) is 23.7 Å². The van der Waals surface area contributed by atoms with Crippen LogP contribution >= 0.6 is 0 Å². The van der Waals surface area contributed by atoms with Gasteiger partial charge in [0.2, 0.25) is 0 Å². The number of ether oxygens (including phenoxy) is 5. The van der Waals surface area contributed by atoms with Crippen LogP contribution in [0.2, 0.25) is 0 Å². The molecule has 1 heterocycles. The Balaban J connectivity index is 2.19. The summed E-state index contributed by atoms with van der Waals surface area (Å²) in [5.74, 6) is 0. The van der Waals surface area contributed by atoms with Crippen LogP contribution in [0.1, 0.15) is 12.8 Å². The molecule has 0 saturated carbocycles. The molecule has 0 bridgehead atoms. The smallest absolute Gasteiger partial charge is 0.0701 e. The number of hydrogen-bond donors (Lipinski definition) is 2. The SMILES string of the molecule is OCCCOCCCN1CCOCCOCCNCCOCCOCC1. The normalized spacial score (nSPS) is 21.1. The Kier molecular flexibility index (Phi) is 17.7. The van der Waals surface area contributed by atoms with Gasteiger partial charge in [0.15, 0.2) is 0 Å². The first-order valence-electron chi connectivity index (χ1n) is 9.86. The number of aliphatic hydroxyl groups excluding tert-OH is 1. The van der Waals surface area contributed by atoms with Gasteiger partial charge in [0.1, 0.15) is 0 Å². The van der Waals surface area contributed by atoms with Crippen LogP contribution < -0.4 is 5.32 Å². The van der Waals surface area contributed by atoms with Crippen molar-refractivity contribution in [1.82, 2.24) is 10.2 Å². The summed E-state index contributed by atoms with van der Waals surface area (Å²) in [5.41, 5.74) is 0. The molecule has 0 radical (unpaired) electrons. The van der Waals surface area contributed by atoms with E-state index >= 15 is 0 Å². The largest absolute Gasteiger partial charge is 0.396 e. The quantitative estimate of drug-likeness (QED) is 0.587. The van der Waals surface area contributed by atoms with E-state index in [1.165, 1.54) is 0 Å². The molecule has 8 heteroatoms. The fraction of sp³-hybridized carbons (Fsp3) is 1.00. The summed E-state index contributed by atoms with van der Waals surface area (Å²) in [6.07, 6.45) is 1.66. The van der Waals surface area contributed by atoms with E-state index in [0.29, 0.717) is 72.5 Å². The lowest BCUT2D eigenvalue weighted by atomic mass is 10.3. The van der Waals surface area contributed by atoms with Crippen LogP contribution in [0, 0.1) is 0 Å². The van der Waals surface area contributed by atoms with Gasteiger partial charge in [-0.15, -0.1) is 0 Å². The monoisotopic (exact) mass is 378 g/mol. The van der Waals surface area contributed by atoms with E-state index in [2.05, 4.69) is 10.2 Å². The summed E-state index contributed by atoms with van der Waals surface area (Å²) in [5, 5.41) is 12.0. The second-order valence-corrected chi connectivity index (χ2v) is 6.08. The second kappa shape index (κ2) is 19.4. The van der Waals surface area contributed by atoms with E-state index in [4.69, 9.17) is 28.8 Å². The van der Waals surface area contributed by atoms with Crippen LogP contribution in [0.3, 0.4) is 0 Å². The molecular formula is C18H38N2O6. The van der Waals surface area contributed by atoms with Crippen LogP contribution in [0.15, 0.2) is 0 Å². The summed E-state index contributed by atoms with van der Waals surface area (Å²) >= 11 is 0. The van der Waals surface area contributed by atoms with E-state index in [9.17, 15) is 0 Å². The molecule has 26 heavy (non-hydrogen) atoms. The van der Waals surface area contributed by atoms with Gasteiger partial charge in [-0.2, -0.15) is 0 Å². The maximum atomic E-state index is 8.74. The second-order valence-electron chi connectivity index (χ2n) is 6.08. The highest BCUT2D eigenvalue weighted by Crippen LogP contribution is 1.95. The molecule has 2 N–H and O–H groups in total. The Labute approximate surface area is 158 Å². The molecule has 1 aliphatic rings. The van der Waals surface area contributed by atoms with E-state index in [-0.39, 0.29) is 6.61 Å². The van der Waals surface area contributed by atoms with Gasteiger partial charge in [-0.25, -0.2) is 0 Å². The topological polar surface area (TPSA) is 81.7 Å². The predicted molar refractivity (Wildman–Crippen MR) is 99.7 cm³/mol. The van der Waals surface area contributed by atoms with Gasteiger partial charge in [-0.3, -0.25) is 4.90 Å². The summed E-state index contributed by atoms with van der Waals surface area (Å²) in [6, 6.07) is 0. The van der Waals surface area contributed by atoms with Crippen molar-refractivity contribution >= 4 is 0 Å². The minimum Gasteiger partial charge on any atom is -0.396 e. The third-order valence-corrected chi connectivity index (χ3v) is 3.90. The van der Waals surface area contributed by atoms with Gasteiger partial charge < -0.3 is 34.1 Å². The predicted octanol–water partition coefficient (Wildman–Crippen LogP) is -0.253. The molecule has 0 aromatic heterocycles. The van der Waals surface area contributed by atoms with Gasteiger partial charge in [-0.1, -0.05) is 0 Å². The Morgan fingerprint density at radius 1 is 0.731 bits per heavy atom. The summed E-state index contributed by atoms with van der Waals surface area (Å²) in [7, 11) is 0. The van der Waals surface area contributed by atoms with Crippen molar-refractivity contribution in [3.05, 3.63) is 0 Å². The number of nitrogens with one attached hydrogen (secondary N) is 1. The van der Waals surface area contributed by atoms with Gasteiger partial charge in [0.25, 0.3) is 0 Å². The molecule has 1 saturated heterocycles. The van der Waals surface area contributed by atoms with Crippen molar-refractivity contribution in [3.8, 4) is 0 Å². The number of nitrogens with zero attached hydrogens (tertiary/aromatic N) is 1. The first-order valence-corrected chi connectivity index (χ1v) is 9.86. The van der Waals surface area contributed by atoms with E-state index in [1.54, 1.807) is 0 Å². The van der Waals surface area contributed by atoms with E-state index < -0.39 is 0 Å². The average molecular weight is 379 g/mol. The van der Waals surface area contributed by atoms with Gasteiger partial charge >= 0.3 is 0 Å². The Morgan fingerprint density at radius 3 is 1.85 bits per heavy atom. The first-order chi connectivity index (χ1) is 12.9. The van der Waals surface area contributed by atoms with Crippen LogP contribution in [0.4, 0.5) is 0 Å². The van der Waals surface area contributed by atoms with Crippen molar-refractivity contribution in [3.63, 3.8) is 0 Å². The minimum absolute atomic E-state index is 0.185. The van der Waals surface area contributed by atoms with Crippen molar-refractivity contribution < 1.29 is 28.8 Å². The zero-order valence-corrected chi connectivity index (χ0v) is 16.2. The van der Waals surface area contributed by atoms with Crippen molar-refractivity contribution in [2.45, 2.75) is 12.8 Å². The highest BCUT2D eigenvalue weighted by Gasteiger charge is 2.05. The summed E-state index contributed by atoms with van der Waals surface area (Å²) in [6.45, 7) is 11.1. The zero-order valence-electron chi connectivity index (χ0n) is 16.2. The molecule has 1 aliphatic heterocycles. The molecule has 8 nitrogen and oxygen atoms in total. The lowest BCUT2D eigenvalue weighted by Gasteiger charge is -2.22. The minimum atomic E-state index is 0.185. The Hall–Kier alpha value is -0.320. The molecule has 0 spiro atoms. The molecule has 0 atom stereocenters. The number of aliphatic hydroxyl groups is 1. The number of rotatable bonds is 7. The highest BCUT2D eigenvalue weighted by atomic mass is 16.5. The average Bonchev–Trinajstić information content (AvgIpc) is 2.65. The molecule has 1 fully saturated rings.